The summed E-state index contributed by atoms with van der Waals surface area (Å²) in [7, 11) is 0. The minimum atomic E-state index is -0.898. The highest BCUT2D eigenvalue weighted by Gasteiger charge is 2.14. The molecular weight excluding hydrogens is 267 g/mol. The predicted octanol–water partition coefficient (Wildman–Crippen LogP) is 3.53. The first-order valence-electron chi connectivity index (χ1n) is 6.91. The van der Waals surface area contributed by atoms with Gasteiger partial charge in [-0.05, 0) is 43.2 Å². The zero-order valence-corrected chi connectivity index (χ0v) is 12.0. The number of hydrogen-bond acceptors (Lipinski definition) is 2. The molecule has 0 aliphatic heterocycles. The van der Waals surface area contributed by atoms with Gasteiger partial charge in [0.25, 0.3) is 0 Å². The number of nitrogens with zero attached hydrogens (tertiary/aromatic N) is 2. The predicted molar refractivity (Wildman–Crippen MR) is 80.6 cm³/mol. The molecular formula is C17H17FN2O. The summed E-state index contributed by atoms with van der Waals surface area (Å²) < 4.78 is 15.6. The SMILES string of the molecule is Cc1cc2ncn(C[C@H](O)c3ccccc3F)c2cc1C. The maximum absolute atomic E-state index is 13.7. The third-order valence-electron chi connectivity index (χ3n) is 3.87. The molecule has 1 aromatic heterocycles. The number of benzene rings is 2. The maximum atomic E-state index is 13.7. The molecule has 0 saturated carbocycles. The van der Waals surface area contributed by atoms with E-state index in [9.17, 15) is 9.50 Å². The lowest BCUT2D eigenvalue weighted by atomic mass is 10.1. The third-order valence-corrected chi connectivity index (χ3v) is 3.87. The summed E-state index contributed by atoms with van der Waals surface area (Å²) in [5.74, 6) is -0.388. The summed E-state index contributed by atoms with van der Waals surface area (Å²) in [5.41, 5.74) is 4.50. The van der Waals surface area contributed by atoms with Crippen molar-refractivity contribution in [1.82, 2.24) is 9.55 Å². The number of aliphatic hydroxyl groups excluding tert-OH is 1. The fourth-order valence-electron chi connectivity index (χ4n) is 2.49. The van der Waals surface area contributed by atoms with Gasteiger partial charge in [-0.2, -0.15) is 0 Å². The first-order valence-corrected chi connectivity index (χ1v) is 6.91. The Labute approximate surface area is 122 Å². The van der Waals surface area contributed by atoms with E-state index in [0.29, 0.717) is 5.56 Å². The molecule has 1 N–H and O–H groups in total. The summed E-state index contributed by atoms with van der Waals surface area (Å²) in [6.45, 7) is 4.36. The molecule has 21 heavy (non-hydrogen) atoms. The highest BCUT2D eigenvalue weighted by atomic mass is 19.1. The fourth-order valence-corrected chi connectivity index (χ4v) is 2.49. The van der Waals surface area contributed by atoms with Crippen molar-refractivity contribution in [3.63, 3.8) is 0 Å². The van der Waals surface area contributed by atoms with Crippen LogP contribution in [0.2, 0.25) is 0 Å². The van der Waals surface area contributed by atoms with E-state index in [-0.39, 0.29) is 12.4 Å². The van der Waals surface area contributed by atoms with Gasteiger partial charge in [-0.15, -0.1) is 0 Å². The van der Waals surface area contributed by atoms with Gasteiger partial charge in [0.15, 0.2) is 0 Å². The fraction of sp³-hybridized carbons (Fsp3) is 0.235. The van der Waals surface area contributed by atoms with Gasteiger partial charge < -0.3 is 9.67 Å². The molecule has 3 aromatic rings. The smallest absolute Gasteiger partial charge is 0.129 e. The summed E-state index contributed by atoms with van der Waals surface area (Å²) in [5, 5.41) is 10.3. The van der Waals surface area contributed by atoms with Crippen LogP contribution in [0.4, 0.5) is 4.39 Å². The average Bonchev–Trinajstić information content (AvgIpc) is 2.82. The standard InChI is InChI=1S/C17H17FN2O/c1-11-7-15-16(8-12(11)2)20(10-19-15)9-17(21)13-5-3-4-6-14(13)18/h3-8,10,17,21H,9H2,1-2H3/t17-/m0/s1. The van der Waals surface area contributed by atoms with Crippen LogP contribution in [0.15, 0.2) is 42.7 Å². The third kappa shape index (κ3) is 2.54. The molecule has 1 atom stereocenters. The van der Waals surface area contributed by atoms with Crippen LogP contribution in [0.25, 0.3) is 11.0 Å². The van der Waals surface area contributed by atoms with Crippen LogP contribution >= 0.6 is 0 Å². The molecule has 0 bridgehead atoms. The van der Waals surface area contributed by atoms with Gasteiger partial charge in [-0.3, -0.25) is 0 Å². The minimum absolute atomic E-state index is 0.278. The van der Waals surface area contributed by atoms with Gasteiger partial charge in [-0.1, -0.05) is 18.2 Å². The lowest BCUT2D eigenvalue weighted by Gasteiger charge is -2.13. The van der Waals surface area contributed by atoms with Crippen molar-refractivity contribution in [3.05, 3.63) is 65.2 Å². The van der Waals surface area contributed by atoms with E-state index < -0.39 is 6.10 Å². The maximum Gasteiger partial charge on any atom is 0.129 e. The Balaban J connectivity index is 1.95. The van der Waals surface area contributed by atoms with Gasteiger partial charge in [0.05, 0.1) is 30.0 Å². The van der Waals surface area contributed by atoms with E-state index in [0.717, 1.165) is 11.0 Å². The monoisotopic (exact) mass is 284 g/mol. The number of aryl methyl sites for hydroxylation is 2. The Morgan fingerprint density at radius 2 is 1.90 bits per heavy atom. The van der Waals surface area contributed by atoms with Crippen molar-refractivity contribution in [2.24, 2.45) is 0 Å². The van der Waals surface area contributed by atoms with E-state index in [1.165, 1.54) is 17.2 Å². The lowest BCUT2D eigenvalue weighted by Crippen LogP contribution is -2.09. The summed E-state index contributed by atoms with van der Waals surface area (Å²) in [4.78, 5) is 4.35. The van der Waals surface area contributed by atoms with E-state index in [1.54, 1.807) is 24.5 Å². The quantitative estimate of drug-likeness (QED) is 0.799. The van der Waals surface area contributed by atoms with Crippen molar-refractivity contribution in [1.29, 1.82) is 0 Å². The first kappa shape index (κ1) is 13.8. The second kappa shape index (κ2) is 5.30. The van der Waals surface area contributed by atoms with Crippen LogP contribution in [-0.4, -0.2) is 14.7 Å². The molecule has 4 heteroatoms. The first-order chi connectivity index (χ1) is 10.1. The van der Waals surface area contributed by atoms with Crippen molar-refractivity contribution >= 4 is 11.0 Å². The van der Waals surface area contributed by atoms with Crippen LogP contribution in [0.3, 0.4) is 0 Å². The molecule has 1 heterocycles. The van der Waals surface area contributed by atoms with Crippen LogP contribution in [0, 0.1) is 19.7 Å². The van der Waals surface area contributed by atoms with Gasteiger partial charge in [0, 0.05) is 5.56 Å². The number of rotatable bonds is 3. The molecule has 0 spiro atoms. The van der Waals surface area contributed by atoms with Crippen molar-refractivity contribution in [2.75, 3.05) is 0 Å². The Hall–Kier alpha value is -2.20. The summed E-state index contributed by atoms with van der Waals surface area (Å²) >= 11 is 0. The molecule has 2 aromatic carbocycles. The Morgan fingerprint density at radius 3 is 2.67 bits per heavy atom. The Bertz CT molecular complexity index is 795. The zero-order chi connectivity index (χ0) is 15.0. The molecule has 3 nitrogen and oxygen atoms in total. The zero-order valence-electron chi connectivity index (χ0n) is 12.0. The minimum Gasteiger partial charge on any atom is -0.386 e. The van der Waals surface area contributed by atoms with Crippen LogP contribution in [-0.2, 0) is 6.54 Å². The number of aromatic nitrogens is 2. The summed E-state index contributed by atoms with van der Waals surface area (Å²) in [6, 6.07) is 10.4. The lowest BCUT2D eigenvalue weighted by molar-refractivity contribution is 0.153. The average molecular weight is 284 g/mol. The van der Waals surface area contributed by atoms with E-state index in [1.807, 2.05) is 30.5 Å². The van der Waals surface area contributed by atoms with E-state index >= 15 is 0 Å². The number of hydrogen-bond donors (Lipinski definition) is 1. The van der Waals surface area contributed by atoms with Crippen LogP contribution < -0.4 is 0 Å². The van der Waals surface area contributed by atoms with Crippen LogP contribution in [0.5, 0.6) is 0 Å². The molecule has 0 unspecified atom stereocenters. The molecule has 0 radical (unpaired) electrons. The second-order valence-electron chi connectivity index (χ2n) is 5.36. The van der Waals surface area contributed by atoms with Gasteiger partial charge >= 0.3 is 0 Å². The molecule has 0 aliphatic rings. The van der Waals surface area contributed by atoms with Gasteiger partial charge in [0.2, 0.25) is 0 Å². The highest BCUT2D eigenvalue weighted by Crippen LogP contribution is 2.23. The van der Waals surface area contributed by atoms with Crippen molar-refractivity contribution in [2.45, 2.75) is 26.5 Å². The van der Waals surface area contributed by atoms with Gasteiger partial charge in [0.1, 0.15) is 5.82 Å². The Morgan fingerprint density at radius 1 is 1.19 bits per heavy atom. The number of halogens is 1. The van der Waals surface area contributed by atoms with Crippen LogP contribution in [0.1, 0.15) is 22.8 Å². The molecule has 0 aliphatic carbocycles. The highest BCUT2D eigenvalue weighted by molar-refractivity contribution is 5.77. The molecule has 0 fully saturated rings. The topological polar surface area (TPSA) is 38.0 Å². The van der Waals surface area contributed by atoms with E-state index in [4.69, 9.17) is 0 Å². The molecule has 108 valence electrons. The van der Waals surface area contributed by atoms with Crippen molar-refractivity contribution in [3.8, 4) is 0 Å². The molecule has 3 rings (SSSR count). The largest absolute Gasteiger partial charge is 0.386 e. The second-order valence-corrected chi connectivity index (χ2v) is 5.36. The summed E-state index contributed by atoms with van der Waals surface area (Å²) in [6.07, 6.45) is 0.790. The molecule has 0 saturated heterocycles. The number of aliphatic hydroxyl groups is 1. The van der Waals surface area contributed by atoms with E-state index in [2.05, 4.69) is 4.98 Å². The number of fused-ring (bicyclic) bond motifs is 1. The Kier molecular flexibility index (Phi) is 3.47. The number of imidazole rings is 1. The molecule has 0 amide bonds. The normalized spacial score (nSPS) is 12.8. The van der Waals surface area contributed by atoms with Gasteiger partial charge in [-0.25, -0.2) is 9.37 Å². The van der Waals surface area contributed by atoms with Crippen molar-refractivity contribution < 1.29 is 9.50 Å².